The van der Waals surface area contributed by atoms with E-state index in [1.54, 1.807) is 12.3 Å². The molecule has 3 aliphatic rings. The molecule has 1 unspecified atom stereocenters. The Morgan fingerprint density at radius 3 is 2.69 bits per heavy atom. The third kappa shape index (κ3) is 6.01. The third-order valence-corrected chi connectivity index (χ3v) is 9.61. The molecule has 1 N–H and O–H groups in total. The fourth-order valence-electron chi connectivity index (χ4n) is 7.24. The van der Waals surface area contributed by atoms with Gasteiger partial charge in [-0.2, -0.15) is 23.5 Å². The molecular weight excluding hydrogens is 583 g/mol. The molecule has 0 radical (unpaired) electrons. The molecule has 13 heteroatoms. The van der Waals surface area contributed by atoms with E-state index in [1.807, 2.05) is 23.1 Å². The van der Waals surface area contributed by atoms with Crippen LogP contribution in [0.4, 0.5) is 13.2 Å². The molecule has 3 fully saturated rings. The third-order valence-electron chi connectivity index (χ3n) is 9.61. The minimum atomic E-state index is -4.53. The van der Waals surface area contributed by atoms with Gasteiger partial charge < -0.3 is 9.72 Å². The highest BCUT2D eigenvalue weighted by atomic mass is 19.4. The first-order chi connectivity index (χ1) is 21.7. The first kappa shape index (κ1) is 29.7. The van der Waals surface area contributed by atoms with Gasteiger partial charge >= 0.3 is 6.18 Å². The quantitative estimate of drug-likeness (QED) is 0.280. The average Bonchev–Trinajstić information content (AvgIpc) is 3.76. The summed E-state index contributed by atoms with van der Waals surface area (Å²) in [5, 5.41) is 15.3. The maximum atomic E-state index is 13.7. The van der Waals surface area contributed by atoms with Crippen molar-refractivity contribution in [2.45, 2.75) is 75.9 Å². The maximum Gasteiger partial charge on any atom is 0.433 e. The Morgan fingerprint density at radius 2 is 1.96 bits per heavy atom. The summed E-state index contributed by atoms with van der Waals surface area (Å²) < 4.78 is 49.1. The van der Waals surface area contributed by atoms with E-state index in [-0.39, 0.29) is 12.0 Å². The fourth-order valence-corrected chi connectivity index (χ4v) is 7.24. The van der Waals surface area contributed by atoms with Gasteiger partial charge in [0, 0.05) is 61.6 Å². The van der Waals surface area contributed by atoms with Gasteiger partial charge in [0.1, 0.15) is 29.3 Å². The number of nitriles is 1. The molecule has 0 spiro atoms. The summed E-state index contributed by atoms with van der Waals surface area (Å²) in [6.07, 6.45) is 6.98. The largest absolute Gasteiger partial charge is 0.474 e. The maximum absolute atomic E-state index is 13.7. The van der Waals surface area contributed by atoms with Gasteiger partial charge in [0.25, 0.3) is 0 Å². The Balaban J connectivity index is 0.982. The number of nitrogens with one attached hydrogen (secondary N) is 1. The predicted octanol–water partition coefficient (Wildman–Crippen LogP) is 5.39. The zero-order chi connectivity index (χ0) is 31.2. The molecule has 0 aromatic carbocycles. The van der Waals surface area contributed by atoms with Gasteiger partial charge in [-0.3, -0.25) is 14.5 Å². The summed E-state index contributed by atoms with van der Waals surface area (Å²) in [5.41, 5.74) is 1.69. The Morgan fingerprint density at radius 1 is 1.13 bits per heavy atom. The van der Waals surface area contributed by atoms with Crippen LogP contribution >= 0.6 is 0 Å². The first-order valence-electron chi connectivity index (χ1n) is 15.6. The molecule has 2 saturated heterocycles. The molecular formula is C32H36F3N9O. The number of rotatable bonds is 8. The number of likely N-dealkylation sites (tertiary alicyclic amines) is 2. The predicted molar refractivity (Wildman–Crippen MR) is 160 cm³/mol. The SMILES string of the molecule is CC1CCN(Cc2cc(OC3CCC(N4CC(CC#N)(n5cc(-c6ncnc7[nH]ccc67)cn5)C4)CC3)nc(C(F)(F)F)c2)C1. The molecule has 6 heterocycles. The van der Waals surface area contributed by atoms with Crippen molar-refractivity contribution in [1.29, 1.82) is 5.26 Å². The Labute approximate surface area is 259 Å². The molecule has 4 aromatic heterocycles. The van der Waals surface area contributed by atoms with E-state index in [1.165, 1.54) is 6.33 Å². The summed E-state index contributed by atoms with van der Waals surface area (Å²) in [4.78, 5) is 20.3. The summed E-state index contributed by atoms with van der Waals surface area (Å²) >= 11 is 0. The van der Waals surface area contributed by atoms with E-state index in [2.05, 4.69) is 47.8 Å². The smallest absolute Gasteiger partial charge is 0.433 e. The van der Waals surface area contributed by atoms with Crippen LogP contribution in [0.25, 0.3) is 22.3 Å². The number of H-pyrrole nitrogens is 1. The van der Waals surface area contributed by atoms with Crippen molar-refractivity contribution in [3.8, 4) is 23.2 Å². The molecule has 0 bridgehead atoms. The second-order valence-electron chi connectivity index (χ2n) is 13.0. The monoisotopic (exact) mass is 619 g/mol. The highest BCUT2D eigenvalue weighted by molar-refractivity contribution is 5.90. The molecule has 2 aliphatic heterocycles. The highest BCUT2D eigenvalue weighted by Crippen LogP contribution is 2.39. The summed E-state index contributed by atoms with van der Waals surface area (Å²) in [7, 11) is 0. The first-order valence-corrected chi connectivity index (χ1v) is 15.6. The van der Waals surface area contributed by atoms with E-state index in [4.69, 9.17) is 4.74 Å². The van der Waals surface area contributed by atoms with Crippen molar-refractivity contribution >= 4 is 11.0 Å². The standard InChI is InChI=1S/C32H36F3N9O/c1-21-7-11-42(15-21)16-22-12-27(32(33,34)35)41-28(13-22)45-25-4-2-24(3-5-25)43-18-31(19-43,8-9-36)44-17-23(14-40-44)29-26-6-10-37-30(26)39-20-38-29/h6,10,12-14,17,20-21,24-25H,2-5,7-8,11,15-16,18-19H2,1H3,(H,37,38,39). The van der Waals surface area contributed by atoms with Gasteiger partial charge in [0.15, 0.2) is 0 Å². The van der Waals surface area contributed by atoms with E-state index in [0.717, 1.165) is 73.6 Å². The zero-order valence-corrected chi connectivity index (χ0v) is 25.2. The molecule has 4 aromatic rings. The van der Waals surface area contributed by atoms with Crippen LogP contribution < -0.4 is 4.74 Å². The molecule has 236 valence electrons. The van der Waals surface area contributed by atoms with Crippen LogP contribution in [-0.4, -0.2) is 77.8 Å². The second-order valence-corrected chi connectivity index (χ2v) is 13.0. The van der Waals surface area contributed by atoms with E-state index < -0.39 is 17.4 Å². The van der Waals surface area contributed by atoms with Crippen LogP contribution in [0, 0.1) is 17.2 Å². The van der Waals surface area contributed by atoms with Crippen molar-refractivity contribution in [2.24, 2.45) is 5.92 Å². The number of halogens is 3. The summed E-state index contributed by atoms with van der Waals surface area (Å²) in [5.74, 6) is 0.608. The van der Waals surface area contributed by atoms with E-state index >= 15 is 0 Å². The topological polar surface area (TPSA) is 112 Å². The molecule has 1 aliphatic carbocycles. The number of aromatic amines is 1. The highest BCUT2D eigenvalue weighted by Gasteiger charge is 2.48. The van der Waals surface area contributed by atoms with Gasteiger partial charge in [-0.15, -0.1) is 0 Å². The number of hydrogen-bond donors (Lipinski definition) is 1. The van der Waals surface area contributed by atoms with Crippen LogP contribution in [0.5, 0.6) is 5.88 Å². The van der Waals surface area contributed by atoms with Crippen molar-refractivity contribution in [1.82, 2.24) is 39.5 Å². The van der Waals surface area contributed by atoms with Crippen molar-refractivity contribution < 1.29 is 17.9 Å². The summed E-state index contributed by atoms with van der Waals surface area (Å²) in [6.45, 7) is 5.81. The normalized spacial score (nSPS) is 24.0. The number of aromatic nitrogens is 6. The lowest BCUT2D eigenvalue weighted by Crippen LogP contribution is -2.65. The van der Waals surface area contributed by atoms with Crippen LogP contribution in [0.2, 0.25) is 0 Å². The molecule has 1 atom stereocenters. The van der Waals surface area contributed by atoms with Gasteiger partial charge in [0.05, 0.1) is 24.4 Å². The van der Waals surface area contributed by atoms with Gasteiger partial charge in [-0.25, -0.2) is 15.0 Å². The number of alkyl halides is 3. The average molecular weight is 620 g/mol. The Kier molecular flexibility index (Phi) is 7.73. The number of hydrogen-bond acceptors (Lipinski definition) is 8. The van der Waals surface area contributed by atoms with Crippen molar-refractivity contribution in [3.63, 3.8) is 0 Å². The number of nitrogens with zero attached hydrogens (tertiary/aromatic N) is 8. The van der Waals surface area contributed by atoms with Gasteiger partial charge in [-0.05, 0) is 62.3 Å². The van der Waals surface area contributed by atoms with Crippen molar-refractivity contribution in [3.05, 3.63) is 54.4 Å². The van der Waals surface area contributed by atoms with E-state index in [9.17, 15) is 18.4 Å². The molecule has 45 heavy (non-hydrogen) atoms. The van der Waals surface area contributed by atoms with Crippen LogP contribution in [-0.2, 0) is 18.3 Å². The molecule has 10 nitrogen and oxygen atoms in total. The zero-order valence-electron chi connectivity index (χ0n) is 25.2. The van der Waals surface area contributed by atoms with Crippen molar-refractivity contribution in [2.75, 3.05) is 26.2 Å². The summed E-state index contributed by atoms with van der Waals surface area (Å²) in [6, 6.07) is 7.44. The lowest BCUT2D eigenvalue weighted by molar-refractivity contribution is -0.141. The molecule has 7 rings (SSSR count). The van der Waals surface area contributed by atoms with E-state index in [0.29, 0.717) is 43.6 Å². The number of fused-ring (bicyclic) bond motifs is 1. The Bertz CT molecular complexity index is 1700. The lowest BCUT2D eigenvalue weighted by Gasteiger charge is -2.53. The second kappa shape index (κ2) is 11.7. The minimum absolute atomic E-state index is 0.0580. The van der Waals surface area contributed by atoms with Gasteiger partial charge in [0.2, 0.25) is 5.88 Å². The Hall–Kier alpha value is -4.02. The fraction of sp³-hybridized carbons (Fsp3) is 0.531. The van der Waals surface area contributed by atoms with Crippen LogP contribution in [0.3, 0.4) is 0 Å². The lowest BCUT2D eigenvalue weighted by atomic mass is 9.82. The minimum Gasteiger partial charge on any atom is -0.474 e. The molecule has 0 amide bonds. The number of ether oxygens (including phenoxy) is 1. The van der Waals surface area contributed by atoms with Crippen LogP contribution in [0.15, 0.2) is 43.1 Å². The number of pyridine rings is 1. The van der Waals surface area contributed by atoms with Gasteiger partial charge in [-0.1, -0.05) is 6.92 Å². The van der Waals surface area contributed by atoms with Crippen LogP contribution in [0.1, 0.15) is 56.7 Å². The molecule has 1 saturated carbocycles.